The van der Waals surface area contributed by atoms with E-state index in [-0.39, 0.29) is 0 Å². The van der Waals surface area contributed by atoms with Crippen molar-refractivity contribution in [2.75, 3.05) is 19.5 Å². The molecule has 0 aliphatic carbocycles. The van der Waals surface area contributed by atoms with Gasteiger partial charge in [-0.15, -0.1) is 10.2 Å². The molecule has 0 amide bonds. The standard InChI is InChI=1S/C19H21N3O2S/c1-22-18(14-15-8-10-16(23-2)11-9-15)20-21-19(22)25-13-12-24-17-6-4-3-5-7-17/h3-11H,12-14H2,1-2H3. The number of methoxy groups -OCH3 is 1. The van der Waals surface area contributed by atoms with E-state index in [4.69, 9.17) is 9.47 Å². The number of ether oxygens (including phenoxy) is 2. The molecule has 0 atom stereocenters. The Bertz CT molecular complexity index is 788. The summed E-state index contributed by atoms with van der Waals surface area (Å²) in [7, 11) is 3.67. The molecule has 1 aromatic heterocycles. The topological polar surface area (TPSA) is 49.2 Å². The van der Waals surface area contributed by atoms with Crippen molar-refractivity contribution in [1.82, 2.24) is 14.8 Å². The van der Waals surface area contributed by atoms with Gasteiger partial charge >= 0.3 is 0 Å². The quantitative estimate of drug-likeness (QED) is 0.456. The molecule has 0 aliphatic rings. The van der Waals surface area contributed by atoms with Crippen LogP contribution in [0.2, 0.25) is 0 Å². The lowest BCUT2D eigenvalue weighted by Gasteiger charge is -2.06. The molecule has 0 unspecified atom stereocenters. The number of hydrogen-bond acceptors (Lipinski definition) is 5. The fraction of sp³-hybridized carbons (Fsp3) is 0.263. The van der Waals surface area contributed by atoms with E-state index in [1.807, 2.05) is 66.2 Å². The van der Waals surface area contributed by atoms with Crippen molar-refractivity contribution in [2.45, 2.75) is 11.6 Å². The second kappa shape index (κ2) is 8.58. The minimum Gasteiger partial charge on any atom is -0.497 e. The molecule has 5 nitrogen and oxygen atoms in total. The summed E-state index contributed by atoms with van der Waals surface area (Å²) in [5.41, 5.74) is 1.18. The number of aromatic nitrogens is 3. The van der Waals surface area contributed by atoms with Crippen molar-refractivity contribution >= 4 is 11.8 Å². The van der Waals surface area contributed by atoms with E-state index in [1.165, 1.54) is 5.56 Å². The fourth-order valence-corrected chi connectivity index (χ4v) is 3.11. The lowest BCUT2D eigenvalue weighted by molar-refractivity contribution is 0.344. The van der Waals surface area contributed by atoms with Gasteiger partial charge in [0.15, 0.2) is 5.16 Å². The summed E-state index contributed by atoms with van der Waals surface area (Å²) < 4.78 is 12.9. The Morgan fingerprint density at radius 1 is 0.960 bits per heavy atom. The van der Waals surface area contributed by atoms with Gasteiger partial charge in [-0.1, -0.05) is 42.1 Å². The molecule has 3 aromatic rings. The summed E-state index contributed by atoms with van der Waals surface area (Å²) in [4.78, 5) is 0. The molecular weight excluding hydrogens is 334 g/mol. The predicted octanol–water partition coefficient (Wildman–Crippen LogP) is 3.59. The molecular formula is C19H21N3O2S. The predicted molar refractivity (Wildman–Crippen MR) is 99.5 cm³/mol. The van der Waals surface area contributed by atoms with Crippen molar-refractivity contribution in [3.8, 4) is 11.5 Å². The molecule has 3 rings (SSSR count). The molecule has 0 bridgehead atoms. The van der Waals surface area contributed by atoms with E-state index < -0.39 is 0 Å². The third-order valence-corrected chi connectivity index (χ3v) is 4.76. The summed E-state index contributed by atoms with van der Waals surface area (Å²) in [5, 5.41) is 9.50. The first kappa shape index (κ1) is 17.4. The summed E-state index contributed by atoms with van der Waals surface area (Å²) in [6.07, 6.45) is 0.745. The van der Waals surface area contributed by atoms with Crippen molar-refractivity contribution in [3.05, 3.63) is 66.0 Å². The Kier molecular flexibility index (Phi) is 5.95. The molecule has 0 radical (unpaired) electrons. The first-order chi connectivity index (χ1) is 12.3. The average Bonchev–Trinajstić information content (AvgIpc) is 3.00. The molecule has 6 heteroatoms. The molecule has 0 saturated carbocycles. The second-order valence-electron chi connectivity index (χ2n) is 5.49. The molecule has 0 saturated heterocycles. The van der Waals surface area contributed by atoms with Crippen LogP contribution in [0.5, 0.6) is 11.5 Å². The Morgan fingerprint density at radius 3 is 2.44 bits per heavy atom. The number of benzene rings is 2. The lowest BCUT2D eigenvalue weighted by atomic mass is 10.1. The zero-order chi connectivity index (χ0) is 17.5. The van der Waals surface area contributed by atoms with Crippen LogP contribution >= 0.6 is 11.8 Å². The number of para-hydroxylation sites is 1. The molecule has 0 fully saturated rings. The van der Waals surface area contributed by atoms with E-state index >= 15 is 0 Å². The monoisotopic (exact) mass is 355 g/mol. The van der Waals surface area contributed by atoms with E-state index in [1.54, 1.807) is 18.9 Å². The fourth-order valence-electron chi connectivity index (χ4n) is 2.36. The third kappa shape index (κ3) is 4.76. The largest absolute Gasteiger partial charge is 0.497 e. The van der Waals surface area contributed by atoms with Crippen LogP contribution in [0.25, 0.3) is 0 Å². The van der Waals surface area contributed by atoms with E-state index in [0.29, 0.717) is 6.61 Å². The minimum atomic E-state index is 0.634. The van der Waals surface area contributed by atoms with Crippen LogP contribution in [0, 0.1) is 0 Å². The van der Waals surface area contributed by atoms with E-state index in [0.717, 1.165) is 34.7 Å². The van der Waals surface area contributed by atoms with Gasteiger partial charge in [0.2, 0.25) is 0 Å². The van der Waals surface area contributed by atoms with E-state index in [2.05, 4.69) is 10.2 Å². The molecule has 0 aliphatic heterocycles. The highest BCUT2D eigenvalue weighted by atomic mass is 32.2. The van der Waals surface area contributed by atoms with Crippen molar-refractivity contribution in [2.24, 2.45) is 7.05 Å². The maximum atomic E-state index is 5.70. The number of rotatable bonds is 8. The minimum absolute atomic E-state index is 0.634. The van der Waals surface area contributed by atoms with Crippen molar-refractivity contribution in [3.63, 3.8) is 0 Å². The van der Waals surface area contributed by atoms with Crippen molar-refractivity contribution in [1.29, 1.82) is 0 Å². The van der Waals surface area contributed by atoms with Crippen LogP contribution in [-0.4, -0.2) is 34.2 Å². The highest BCUT2D eigenvalue weighted by Crippen LogP contribution is 2.19. The summed E-state index contributed by atoms with van der Waals surface area (Å²) in [6, 6.07) is 17.9. The first-order valence-corrected chi connectivity index (χ1v) is 9.06. The van der Waals surface area contributed by atoms with Gasteiger partial charge in [-0.25, -0.2) is 0 Å². The van der Waals surface area contributed by atoms with Crippen LogP contribution in [0.15, 0.2) is 59.8 Å². The molecule has 25 heavy (non-hydrogen) atoms. The maximum absolute atomic E-state index is 5.70. The number of hydrogen-bond donors (Lipinski definition) is 0. The van der Waals surface area contributed by atoms with Crippen LogP contribution in [0.1, 0.15) is 11.4 Å². The van der Waals surface area contributed by atoms with Gasteiger partial charge in [-0.05, 0) is 29.8 Å². The van der Waals surface area contributed by atoms with E-state index in [9.17, 15) is 0 Å². The molecule has 0 N–H and O–H groups in total. The van der Waals surface area contributed by atoms with Gasteiger partial charge in [0.25, 0.3) is 0 Å². The van der Waals surface area contributed by atoms with Gasteiger partial charge in [0.05, 0.1) is 13.7 Å². The van der Waals surface area contributed by atoms with Crippen LogP contribution < -0.4 is 9.47 Å². The Morgan fingerprint density at radius 2 is 1.72 bits per heavy atom. The van der Waals surface area contributed by atoms with Gasteiger partial charge in [0, 0.05) is 19.2 Å². The lowest BCUT2D eigenvalue weighted by Crippen LogP contribution is -2.03. The highest BCUT2D eigenvalue weighted by molar-refractivity contribution is 7.99. The highest BCUT2D eigenvalue weighted by Gasteiger charge is 2.10. The van der Waals surface area contributed by atoms with Crippen LogP contribution in [0.4, 0.5) is 0 Å². The Hall–Kier alpha value is -2.47. The molecule has 0 spiro atoms. The normalized spacial score (nSPS) is 10.6. The van der Waals surface area contributed by atoms with Gasteiger partial charge < -0.3 is 14.0 Å². The second-order valence-corrected chi connectivity index (χ2v) is 6.55. The zero-order valence-electron chi connectivity index (χ0n) is 14.4. The summed E-state index contributed by atoms with van der Waals surface area (Å²) in [6.45, 7) is 0.634. The molecule has 2 aromatic carbocycles. The van der Waals surface area contributed by atoms with Crippen molar-refractivity contribution < 1.29 is 9.47 Å². The smallest absolute Gasteiger partial charge is 0.191 e. The number of nitrogens with zero attached hydrogens (tertiary/aromatic N) is 3. The molecule has 130 valence electrons. The Balaban J connectivity index is 1.51. The maximum Gasteiger partial charge on any atom is 0.191 e. The Labute approximate surface area is 152 Å². The zero-order valence-corrected chi connectivity index (χ0v) is 15.2. The summed E-state index contributed by atoms with van der Waals surface area (Å²) in [5.74, 6) is 3.51. The van der Waals surface area contributed by atoms with Crippen LogP contribution in [-0.2, 0) is 13.5 Å². The number of thioether (sulfide) groups is 1. The third-order valence-electron chi connectivity index (χ3n) is 3.77. The van der Waals surface area contributed by atoms with Crippen LogP contribution in [0.3, 0.4) is 0 Å². The SMILES string of the molecule is COc1ccc(Cc2nnc(SCCOc3ccccc3)n2C)cc1. The van der Waals surface area contributed by atoms with Gasteiger partial charge in [-0.3, -0.25) is 0 Å². The average molecular weight is 355 g/mol. The van der Waals surface area contributed by atoms with Gasteiger partial charge in [0.1, 0.15) is 17.3 Å². The van der Waals surface area contributed by atoms with Gasteiger partial charge in [-0.2, -0.15) is 0 Å². The summed E-state index contributed by atoms with van der Waals surface area (Å²) >= 11 is 1.65. The first-order valence-electron chi connectivity index (χ1n) is 8.08. The molecule has 1 heterocycles.